The van der Waals surface area contributed by atoms with Gasteiger partial charge >= 0.3 is 6.18 Å². The van der Waals surface area contributed by atoms with Crippen LogP contribution >= 0.6 is 0 Å². The van der Waals surface area contributed by atoms with E-state index in [1.165, 1.54) is 0 Å². The van der Waals surface area contributed by atoms with Crippen molar-refractivity contribution in [1.82, 2.24) is 4.98 Å². The van der Waals surface area contributed by atoms with Gasteiger partial charge in [-0.1, -0.05) is 6.42 Å². The van der Waals surface area contributed by atoms with Crippen molar-refractivity contribution in [3.05, 3.63) is 24.1 Å². The molecule has 1 aromatic carbocycles. The van der Waals surface area contributed by atoms with Crippen LogP contribution in [0.25, 0.3) is 11.1 Å². The molecule has 6 heteroatoms. The predicted molar refractivity (Wildman–Crippen MR) is 74.2 cm³/mol. The zero-order valence-corrected chi connectivity index (χ0v) is 11.7. The van der Waals surface area contributed by atoms with Gasteiger partial charge in [0.15, 0.2) is 11.5 Å². The highest BCUT2D eigenvalue weighted by atomic mass is 19.4. The molecule has 2 atom stereocenters. The molecule has 114 valence electrons. The summed E-state index contributed by atoms with van der Waals surface area (Å²) in [5, 5.41) is 3.20. The summed E-state index contributed by atoms with van der Waals surface area (Å²) in [7, 11) is 0. The summed E-state index contributed by atoms with van der Waals surface area (Å²) in [5.41, 5.74) is 2.21. The number of rotatable bonds is 2. The SMILES string of the molecule is Cc1nc2cc(NC3CCCC(C(F)(F)F)C3)ccc2o1. The second kappa shape index (κ2) is 5.24. The number of hydrogen-bond acceptors (Lipinski definition) is 3. The number of hydrogen-bond donors (Lipinski definition) is 1. The second-order valence-electron chi connectivity index (χ2n) is 5.66. The first-order valence-corrected chi connectivity index (χ1v) is 7.12. The van der Waals surface area contributed by atoms with Crippen molar-refractivity contribution in [2.75, 3.05) is 5.32 Å². The Balaban J connectivity index is 1.72. The Bertz CT molecular complexity index is 635. The van der Waals surface area contributed by atoms with Crippen molar-refractivity contribution >= 4 is 16.8 Å². The average molecular weight is 298 g/mol. The fourth-order valence-electron chi connectivity index (χ4n) is 2.99. The number of nitrogens with one attached hydrogen (secondary N) is 1. The third kappa shape index (κ3) is 3.14. The van der Waals surface area contributed by atoms with Crippen molar-refractivity contribution in [3.8, 4) is 0 Å². The maximum absolute atomic E-state index is 12.8. The van der Waals surface area contributed by atoms with Crippen LogP contribution in [0.2, 0.25) is 0 Å². The van der Waals surface area contributed by atoms with E-state index in [-0.39, 0.29) is 18.9 Å². The lowest BCUT2D eigenvalue weighted by molar-refractivity contribution is -0.182. The van der Waals surface area contributed by atoms with Gasteiger partial charge in [-0.25, -0.2) is 4.98 Å². The summed E-state index contributed by atoms with van der Waals surface area (Å²) in [4.78, 5) is 4.23. The van der Waals surface area contributed by atoms with Crippen LogP contribution in [0.4, 0.5) is 18.9 Å². The lowest BCUT2D eigenvalue weighted by Crippen LogP contribution is -2.34. The molecule has 3 rings (SSSR count). The summed E-state index contributed by atoms with van der Waals surface area (Å²) in [6.07, 6.45) is -2.34. The van der Waals surface area contributed by atoms with E-state index in [4.69, 9.17) is 4.42 Å². The van der Waals surface area contributed by atoms with Gasteiger partial charge in [-0.05, 0) is 37.5 Å². The minimum absolute atomic E-state index is 0.138. The minimum atomic E-state index is -4.09. The summed E-state index contributed by atoms with van der Waals surface area (Å²) in [5.74, 6) is -0.612. The molecule has 0 saturated heterocycles. The Morgan fingerprint density at radius 3 is 2.86 bits per heavy atom. The van der Waals surface area contributed by atoms with E-state index in [0.29, 0.717) is 17.9 Å². The summed E-state index contributed by atoms with van der Waals surface area (Å²) in [6, 6.07) is 5.30. The van der Waals surface area contributed by atoms with Gasteiger partial charge in [-0.3, -0.25) is 0 Å². The van der Waals surface area contributed by atoms with Crippen LogP contribution in [-0.4, -0.2) is 17.2 Å². The van der Waals surface area contributed by atoms with E-state index in [2.05, 4.69) is 10.3 Å². The molecule has 3 nitrogen and oxygen atoms in total. The molecule has 2 aromatic rings. The predicted octanol–water partition coefficient (Wildman–Crippen LogP) is 4.67. The van der Waals surface area contributed by atoms with Crippen LogP contribution in [0.5, 0.6) is 0 Å². The highest BCUT2D eigenvalue weighted by Crippen LogP contribution is 2.38. The highest BCUT2D eigenvalue weighted by molar-refractivity contribution is 5.77. The van der Waals surface area contributed by atoms with E-state index >= 15 is 0 Å². The molecular weight excluding hydrogens is 281 g/mol. The average Bonchev–Trinajstić information content (AvgIpc) is 2.77. The number of benzene rings is 1. The molecule has 0 bridgehead atoms. The number of aromatic nitrogens is 1. The molecule has 1 N–H and O–H groups in total. The van der Waals surface area contributed by atoms with Crippen LogP contribution in [-0.2, 0) is 0 Å². The van der Waals surface area contributed by atoms with Crippen molar-refractivity contribution < 1.29 is 17.6 Å². The molecule has 2 unspecified atom stereocenters. The molecule has 1 aliphatic rings. The molecule has 0 aliphatic heterocycles. The third-order valence-electron chi connectivity index (χ3n) is 4.00. The number of fused-ring (bicyclic) bond motifs is 1. The zero-order valence-electron chi connectivity index (χ0n) is 11.7. The van der Waals surface area contributed by atoms with Crippen LogP contribution in [0.1, 0.15) is 31.6 Å². The lowest BCUT2D eigenvalue weighted by Gasteiger charge is -2.31. The highest BCUT2D eigenvalue weighted by Gasteiger charge is 2.42. The number of alkyl halides is 3. The number of anilines is 1. The van der Waals surface area contributed by atoms with Gasteiger partial charge < -0.3 is 9.73 Å². The van der Waals surface area contributed by atoms with Gasteiger partial charge in [0.2, 0.25) is 0 Å². The molecule has 1 saturated carbocycles. The number of aryl methyl sites for hydroxylation is 1. The Hall–Kier alpha value is -1.72. The maximum Gasteiger partial charge on any atom is 0.391 e. The van der Waals surface area contributed by atoms with E-state index in [0.717, 1.165) is 17.6 Å². The van der Waals surface area contributed by atoms with Crippen molar-refractivity contribution in [3.63, 3.8) is 0 Å². The summed E-state index contributed by atoms with van der Waals surface area (Å²) >= 11 is 0. The smallest absolute Gasteiger partial charge is 0.391 e. The van der Waals surface area contributed by atoms with Crippen LogP contribution in [0.15, 0.2) is 22.6 Å². The molecular formula is C15H17F3N2O. The second-order valence-corrected chi connectivity index (χ2v) is 5.66. The molecule has 1 aromatic heterocycles. The first-order chi connectivity index (χ1) is 9.91. The van der Waals surface area contributed by atoms with Crippen LogP contribution < -0.4 is 5.32 Å². The number of nitrogens with zero attached hydrogens (tertiary/aromatic N) is 1. The molecule has 1 fully saturated rings. The van der Waals surface area contributed by atoms with Gasteiger partial charge in [0, 0.05) is 18.7 Å². The first kappa shape index (κ1) is 14.2. The standard InChI is InChI=1S/C15H17F3N2O/c1-9-19-13-8-12(5-6-14(13)21-9)20-11-4-2-3-10(7-11)15(16,17)18/h5-6,8,10-11,20H,2-4,7H2,1H3. The van der Waals surface area contributed by atoms with Gasteiger partial charge in [-0.15, -0.1) is 0 Å². The van der Waals surface area contributed by atoms with E-state index in [9.17, 15) is 13.2 Å². The Morgan fingerprint density at radius 1 is 1.29 bits per heavy atom. The van der Waals surface area contributed by atoms with E-state index in [1.807, 2.05) is 12.1 Å². The van der Waals surface area contributed by atoms with Crippen LogP contribution in [0.3, 0.4) is 0 Å². The number of halogens is 3. The molecule has 0 amide bonds. The monoisotopic (exact) mass is 298 g/mol. The van der Waals surface area contributed by atoms with Gasteiger partial charge in [0.1, 0.15) is 5.52 Å². The van der Waals surface area contributed by atoms with Gasteiger partial charge in [0.05, 0.1) is 5.92 Å². The Morgan fingerprint density at radius 2 is 2.10 bits per heavy atom. The Kier molecular flexibility index (Phi) is 3.55. The molecule has 21 heavy (non-hydrogen) atoms. The van der Waals surface area contributed by atoms with Crippen molar-refractivity contribution in [2.45, 2.75) is 44.8 Å². The quantitative estimate of drug-likeness (QED) is 0.875. The summed E-state index contributed by atoms with van der Waals surface area (Å²) in [6.45, 7) is 1.77. The number of oxazole rings is 1. The van der Waals surface area contributed by atoms with Crippen LogP contribution in [0, 0.1) is 12.8 Å². The van der Waals surface area contributed by atoms with E-state index < -0.39 is 12.1 Å². The fourth-order valence-corrected chi connectivity index (χ4v) is 2.99. The lowest BCUT2D eigenvalue weighted by atomic mass is 9.85. The van der Waals surface area contributed by atoms with Gasteiger partial charge in [-0.2, -0.15) is 13.2 Å². The topological polar surface area (TPSA) is 38.1 Å². The van der Waals surface area contributed by atoms with Crippen molar-refractivity contribution in [2.24, 2.45) is 5.92 Å². The first-order valence-electron chi connectivity index (χ1n) is 7.12. The normalized spacial score (nSPS) is 23.4. The molecule has 0 spiro atoms. The third-order valence-corrected chi connectivity index (χ3v) is 4.00. The van der Waals surface area contributed by atoms with Gasteiger partial charge in [0.25, 0.3) is 0 Å². The zero-order chi connectivity index (χ0) is 15.0. The summed E-state index contributed by atoms with van der Waals surface area (Å²) < 4.78 is 43.8. The maximum atomic E-state index is 12.8. The molecule has 0 radical (unpaired) electrons. The minimum Gasteiger partial charge on any atom is -0.441 e. The fraction of sp³-hybridized carbons (Fsp3) is 0.533. The largest absolute Gasteiger partial charge is 0.441 e. The van der Waals surface area contributed by atoms with Crippen molar-refractivity contribution in [1.29, 1.82) is 0 Å². The molecule has 1 heterocycles. The molecule has 1 aliphatic carbocycles. The van der Waals surface area contributed by atoms with E-state index in [1.54, 1.807) is 13.0 Å². The Labute approximate surface area is 120 Å².